The van der Waals surface area contributed by atoms with Gasteiger partial charge >= 0.3 is 0 Å². The third-order valence-corrected chi connectivity index (χ3v) is 18.9. The second kappa shape index (κ2) is 47.9. The van der Waals surface area contributed by atoms with E-state index in [4.69, 9.17) is 45.9 Å². The van der Waals surface area contributed by atoms with Crippen LogP contribution < -0.4 is 88.4 Å². The number of para-hydroxylation sites is 8. The number of nitrogens with two attached hydrogens (primary N) is 8. The molecule has 0 fully saturated rings. The van der Waals surface area contributed by atoms with E-state index in [0.717, 1.165) is 44.5 Å². The number of hydrogen-bond donors (Lipinski definition) is 16. The van der Waals surface area contributed by atoms with Gasteiger partial charge in [0.2, 0.25) is 47.3 Å². The lowest BCUT2D eigenvalue weighted by atomic mass is 10.1. The van der Waals surface area contributed by atoms with Gasteiger partial charge in [0.15, 0.2) is 0 Å². The summed E-state index contributed by atoms with van der Waals surface area (Å²) in [6.07, 6.45) is 3.36. The summed E-state index contributed by atoms with van der Waals surface area (Å²) in [6.45, 7) is 0. The smallest absolute Gasteiger partial charge is 0.241 e. The molecule has 0 aliphatic carbocycles. The average molecular weight is 1610 g/mol. The van der Waals surface area contributed by atoms with Gasteiger partial charge in [-0.25, -0.2) is 0 Å². The monoisotopic (exact) mass is 1610 g/mol. The van der Waals surface area contributed by atoms with E-state index < -0.39 is 48.3 Å². The van der Waals surface area contributed by atoms with Crippen molar-refractivity contribution < 1.29 is 38.4 Å². The third kappa shape index (κ3) is 30.6. The fourth-order valence-corrected chi connectivity index (χ4v) is 12.3. The van der Waals surface area contributed by atoms with Gasteiger partial charge in [-0.05, 0) is 144 Å². The normalized spacial score (nSPS) is 12.6. The Balaban J connectivity index is 0.000000182. The Labute approximate surface area is 699 Å². The maximum absolute atomic E-state index is 12.6. The van der Waals surface area contributed by atoms with E-state index in [1.807, 2.05) is 243 Å². The van der Waals surface area contributed by atoms with Crippen LogP contribution in [0.3, 0.4) is 0 Å². The Morgan fingerprint density at radius 1 is 0.150 bits per heavy atom. The van der Waals surface area contributed by atoms with Gasteiger partial charge in [-0.1, -0.05) is 291 Å². The van der Waals surface area contributed by atoms with Crippen LogP contribution in [0.1, 0.15) is 44.5 Å². The molecule has 0 saturated heterocycles. The van der Waals surface area contributed by atoms with Crippen LogP contribution in [0, 0.1) is 0 Å². The fraction of sp³-hybridized carbons (Fsp3) is 0.167. The molecule has 0 aliphatic rings. The molecule has 0 radical (unpaired) electrons. The van der Waals surface area contributed by atoms with E-state index >= 15 is 0 Å². The first-order valence-electron chi connectivity index (χ1n) is 39.3. The van der Waals surface area contributed by atoms with Crippen molar-refractivity contribution in [2.75, 3.05) is 42.5 Å². The van der Waals surface area contributed by atoms with Crippen LogP contribution in [0.15, 0.2) is 340 Å². The first kappa shape index (κ1) is 90.0. The number of amides is 8. The van der Waals surface area contributed by atoms with E-state index in [1.165, 1.54) is 0 Å². The number of anilines is 8. The highest BCUT2D eigenvalue weighted by molar-refractivity contribution is 6.06. The maximum Gasteiger partial charge on any atom is 0.241 e. The molecule has 24 N–H and O–H groups in total. The van der Waals surface area contributed by atoms with Crippen LogP contribution in [0.25, 0.3) is 0 Å². The van der Waals surface area contributed by atoms with Crippen molar-refractivity contribution in [3.63, 3.8) is 0 Å². The molecule has 0 saturated carbocycles. The molecule has 8 atom stereocenters. The quantitative estimate of drug-likeness (QED) is 0.0186. The largest absolute Gasteiger partial charge is 0.323 e. The van der Waals surface area contributed by atoms with Crippen molar-refractivity contribution in [1.82, 2.24) is 0 Å². The van der Waals surface area contributed by atoms with Crippen LogP contribution >= 0.6 is 0 Å². The molecule has 120 heavy (non-hydrogen) atoms. The Bertz CT molecular complexity index is 4240. The van der Waals surface area contributed by atoms with Crippen LogP contribution in [-0.2, 0) is 89.7 Å². The summed E-state index contributed by atoms with van der Waals surface area (Å²) >= 11 is 0. The zero-order valence-corrected chi connectivity index (χ0v) is 66.5. The standard InChI is InChI=1S/4C24H26N4O2/c4*25-19(15-17-9-3-1-4-10-17)23(29)27-21-13-7-8-14-22(21)28-24(30)20(26)16-18-11-5-2-6-12-18/h4*1-14,19-20H,15-16,25-26H2,(H,27,29)(H,28,30)/t4*19-,20-/m0000/s1. The molecule has 12 aromatic carbocycles. The number of carbonyl (C=O) groups is 8. The van der Waals surface area contributed by atoms with E-state index in [-0.39, 0.29) is 47.3 Å². The van der Waals surface area contributed by atoms with Crippen molar-refractivity contribution in [3.8, 4) is 0 Å². The van der Waals surface area contributed by atoms with Crippen molar-refractivity contribution in [3.05, 3.63) is 384 Å². The van der Waals surface area contributed by atoms with Crippen LogP contribution in [-0.4, -0.2) is 95.6 Å². The van der Waals surface area contributed by atoms with Gasteiger partial charge in [0, 0.05) is 0 Å². The minimum Gasteiger partial charge on any atom is -0.323 e. The van der Waals surface area contributed by atoms with Crippen molar-refractivity contribution in [2.45, 2.75) is 99.7 Å². The minimum absolute atomic E-state index is 0.325. The molecule has 616 valence electrons. The Morgan fingerprint density at radius 2 is 0.233 bits per heavy atom. The SMILES string of the molecule is N[C@@H](Cc1ccccc1)C(=O)Nc1ccccc1NC(=O)[C@@H](N)Cc1ccccc1.N[C@@H](Cc1ccccc1)C(=O)Nc1ccccc1NC(=O)[C@@H](N)Cc1ccccc1.N[C@@H](Cc1ccccc1)C(=O)Nc1ccccc1NC(=O)[C@@H](N)Cc1ccccc1.N[C@@H](Cc1ccccc1)C(=O)Nc1ccccc1NC(=O)[C@@H](N)Cc1ccccc1. The molecule has 0 spiro atoms. The summed E-state index contributed by atoms with van der Waals surface area (Å²) in [6, 6.07) is 98.8. The highest BCUT2D eigenvalue weighted by atomic mass is 16.2. The Hall–Kier alpha value is -13.9. The third-order valence-electron chi connectivity index (χ3n) is 18.9. The summed E-state index contributed by atoms with van der Waals surface area (Å²) < 4.78 is 0. The van der Waals surface area contributed by atoms with Gasteiger partial charge in [0.25, 0.3) is 0 Å². The molecular formula is C96H104N16O8. The summed E-state index contributed by atoms with van der Waals surface area (Å²) in [5.41, 5.74) is 60.2. The molecule has 24 nitrogen and oxygen atoms in total. The second-order valence-electron chi connectivity index (χ2n) is 28.5. The van der Waals surface area contributed by atoms with Gasteiger partial charge in [-0.15, -0.1) is 0 Å². The molecule has 12 rings (SSSR count). The zero-order chi connectivity index (χ0) is 85.4. The number of hydrogen-bond acceptors (Lipinski definition) is 16. The van der Waals surface area contributed by atoms with Crippen LogP contribution in [0.4, 0.5) is 45.5 Å². The van der Waals surface area contributed by atoms with Gasteiger partial charge in [-0.3, -0.25) is 38.4 Å². The van der Waals surface area contributed by atoms with E-state index in [1.54, 1.807) is 97.1 Å². The summed E-state index contributed by atoms with van der Waals surface area (Å²) in [5.74, 6) is -2.60. The lowest BCUT2D eigenvalue weighted by molar-refractivity contribution is -0.118. The molecular weight excluding hydrogens is 1510 g/mol. The zero-order valence-electron chi connectivity index (χ0n) is 66.5. The summed E-state index contributed by atoms with van der Waals surface area (Å²) in [5, 5.41) is 22.4. The molecule has 8 amide bonds. The number of rotatable bonds is 32. The number of nitrogens with one attached hydrogen (secondary N) is 8. The number of carbonyl (C=O) groups excluding carboxylic acids is 8. The van der Waals surface area contributed by atoms with E-state index in [9.17, 15) is 38.4 Å². The molecule has 0 aliphatic heterocycles. The summed E-state index contributed by atoms with van der Waals surface area (Å²) in [7, 11) is 0. The average Bonchev–Trinajstić information content (AvgIpc) is 0.858. The Kier molecular flexibility index (Phi) is 36.0. The van der Waals surface area contributed by atoms with Gasteiger partial charge in [-0.2, -0.15) is 0 Å². The summed E-state index contributed by atoms with van der Waals surface area (Å²) in [4.78, 5) is 100. The molecule has 24 heteroatoms. The first-order chi connectivity index (χ1) is 58.1. The van der Waals surface area contributed by atoms with E-state index in [2.05, 4.69) is 42.5 Å². The topological polar surface area (TPSA) is 441 Å². The highest BCUT2D eigenvalue weighted by Crippen LogP contribution is 2.27. The fourth-order valence-electron chi connectivity index (χ4n) is 12.3. The molecule has 0 bridgehead atoms. The van der Waals surface area contributed by atoms with Crippen molar-refractivity contribution in [2.24, 2.45) is 45.9 Å². The van der Waals surface area contributed by atoms with Crippen molar-refractivity contribution >= 4 is 92.8 Å². The first-order valence-corrected chi connectivity index (χ1v) is 39.3. The van der Waals surface area contributed by atoms with Crippen LogP contribution in [0.5, 0.6) is 0 Å². The lowest BCUT2D eigenvalue weighted by Gasteiger charge is -2.17. The molecule has 0 heterocycles. The molecule has 0 aromatic heterocycles. The van der Waals surface area contributed by atoms with Gasteiger partial charge in [0.1, 0.15) is 0 Å². The minimum atomic E-state index is -0.712. The highest BCUT2D eigenvalue weighted by Gasteiger charge is 2.25. The van der Waals surface area contributed by atoms with Gasteiger partial charge in [0.05, 0.1) is 93.8 Å². The Morgan fingerprint density at radius 3 is 0.325 bits per heavy atom. The van der Waals surface area contributed by atoms with E-state index in [0.29, 0.717) is 96.9 Å². The van der Waals surface area contributed by atoms with Crippen LogP contribution in [0.2, 0.25) is 0 Å². The molecule has 12 aromatic rings. The molecule has 0 unspecified atom stereocenters. The maximum atomic E-state index is 12.6. The van der Waals surface area contributed by atoms with Gasteiger partial charge < -0.3 is 88.4 Å². The lowest BCUT2D eigenvalue weighted by Crippen LogP contribution is -2.39. The number of benzene rings is 12. The van der Waals surface area contributed by atoms with Crippen molar-refractivity contribution in [1.29, 1.82) is 0 Å². The second-order valence-corrected chi connectivity index (χ2v) is 28.5. The predicted octanol–water partition coefficient (Wildman–Crippen LogP) is 10.8. The predicted molar refractivity (Wildman–Crippen MR) is 480 cm³/mol.